The van der Waals surface area contributed by atoms with Gasteiger partial charge in [-0.1, -0.05) is 17.8 Å². The second-order valence-electron chi connectivity index (χ2n) is 7.35. The predicted octanol–water partition coefficient (Wildman–Crippen LogP) is 2.44. The van der Waals surface area contributed by atoms with Gasteiger partial charge in [0.1, 0.15) is 5.82 Å². The number of hydrogen-bond donors (Lipinski definition) is 2. The lowest BCUT2D eigenvalue weighted by Crippen LogP contribution is -2.23. The molecule has 1 aromatic carbocycles. The van der Waals surface area contributed by atoms with E-state index in [0.717, 1.165) is 0 Å². The highest BCUT2D eigenvalue weighted by Crippen LogP contribution is 2.31. The molecule has 2 aromatic rings. The number of hydrogen-bond acceptors (Lipinski definition) is 7. The van der Waals surface area contributed by atoms with E-state index >= 15 is 0 Å². The minimum Gasteiger partial charge on any atom is -0.326 e. The van der Waals surface area contributed by atoms with Gasteiger partial charge in [0.25, 0.3) is 0 Å². The van der Waals surface area contributed by atoms with E-state index in [9.17, 15) is 18.0 Å². The zero-order valence-corrected chi connectivity index (χ0v) is 19.0. The van der Waals surface area contributed by atoms with Gasteiger partial charge in [-0.2, -0.15) is 0 Å². The number of benzene rings is 1. The van der Waals surface area contributed by atoms with Crippen LogP contribution in [0.25, 0.3) is 0 Å². The number of carbonyl (C=O) groups excluding carboxylic acids is 2. The maximum absolute atomic E-state index is 12.6. The summed E-state index contributed by atoms with van der Waals surface area (Å²) in [6.07, 6.45) is 2.22. The molecule has 11 heteroatoms. The number of aromatic nitrogens is 3. The smallest absolute Gasteiger partial charge is 0.237 e. The highest BCUT2D eigenvalue weighted by Gasteiger charge is 2.33. The van der Waals surface area contributed by atoms with Crippen molar-refractivity contribution in [1.29, 1.82) is 0 Å². The molecule has 2 atom stereocenters. The number of carbonyl (C=O) groups is 2. The number of nitrogens with zero attached hydrogens (tertiary/aromatic N) is 3. The molecule has 0 bridgehead atoms. The summed E-state index contributed by atoms with van der Waals surface area (Å²) >= 11 is 1.25. The maximum atomic E-state index is 12.6. The van der Waals surface area contributed by atoms with E-state index in [2.05, 4.69) is 27.4 Å². The summed E-state index contributed by atoms with van der Waals surface area (Å²) in [7, 11) is -3.05. The molecule has 166 valence electrons. The lowest BCUT2D eigenvalue weighted by molar-refractivity contribution is -0.115. The van der Waals surface area contributed by atoms with Gasteiger partial charge < -0.3 is 15.2 Å². The average Bonchev–Trinajstić information content (AvgIpc) is 3.26. The highest BCUT2D eigenvalue weighted by atomic mass is 32.2. The van der Waals surface area contributed by atoms with Crippen LogP contribution in [0.4, 0.5) is 11.4 Å². The molecule has 1 aromatic heterocycles. The van der Waals surface area contributed by atoms with E-state index in [1.54, 1.807) is 37.3 Å². The Morgan fingerprint density at radius 1 is 1.26 bits per heavy atom. The summed E-state index contributed by atoms with van der Waals surface area (Å²) in [5, 5.41) is 14.0. The minimum absolute atomic E-state index is 0.0669. The molecule has 2 heterocycles. The van der Waals surface area contributed by atoms with Gasteiger partial charge in [0, 0.05) is 30.8 Å². The topological polar surface area (TPSA) is 123 Å². The standard InChI is InChI=1S/C20H25N5O4S2/c1-4-10-25-18(15-9-11-31(28,29)12-15)23-24-20(25)30-13(2)19(27)22-17-7-5-16(6-8-17)21-14(3)26/h4-8,13,15H,1,9-12H2,2-3H3,(H,21,26)(H,22,27)/t13-,15-/m0/s1. The number of amides is 2. The van der Waals surface area contributed by atoms with Crippen LogP contribution in [0.2, 0.25) is 0 Å². The van der Waals surface area contributed by atoms with E-state index in [0.29, 0.717) is 35.3 Å². The Kier molecular flexibility index (Phi) is 7.16. The van der Waals surface area contributed by atoms with Gasteiger partial charge in [0.05, 0.1) is 16.8 Å². The van der Waals surface area contributed by atoms with Crippen LogP contribution >= 0.6 is 11.8 Å². The summed E-state index contributed by atoms with van der Waals surface area (Å²) in [6.45, 7) is 7.38. The van der Waals surface area contributed by atoms with Crippen molar-refractivity contribution in [1.82, 2.24) is 14.8 Å². The van der Waals surface area contributed by atoms with Gasteiger partial charge in [0.2, 0.25) is 11.8 Å². The fourth-order valence-corrected chi connectivity index (χ4v) is 5.89. The molecule has 0 spiro atoms. The van der Waals surface area contributed by atoms with Gasteiger partial charge in [-0.15, -0.1) is 16.8 Å². The van der Waals surface area contributed by atoms with Crippen molar-refractivity contribution in [3.05, 3.63) is 42.7 Å². The number of sulfone groups is 1. The first-order chi connectivity index (χ1) is 14.7. The quantitative estimate of drug-likeness (QED) is 0.455. The van der Waals surface area contributed by atoms with Crippen molar-refractivity contribution < 1.29 is 18.0 Å². The second kappa shape index (κ2) is 9.65. The number of anilines is 2. The fourth-order valence-electron chi connectivity index (χ4n) is 3.28. The first-order valence-corrected chi connectivity index (χ1v) is 12.5. The van der Waals surface area contributed by atoms with Crippen molar-refractivity contribution in [3.63, 3.8) is 0 Å². The van der Waals surface area contributed by atoms with Crippen LogP contribution in [0.15, 0.2) is 42.1 Å². The highest BCUT2D eigenvalue weighted by molar-refractivity contribution is 8.00. The molecule has 1 aliphatic heterocycles. The molecular weight excluding hydrogens is 438 g/mol. The second-order valence-corrected chi connectivity index (χ2v) is 10.9. The number of allylic oxidation sites excluding steroid dienone is 1. The Morgan fingerprint density at radius 3 is 2.45 bits per heavy atom. The molecule has 2 amide bonds. The molecule has 1 aliphatic rings. The monoisotopic (exact) mass is 463 g/mol. The summed E-state index contributed by atoms with van der Waals surface area (Å²) in [5.74, 6) is 0.260. The van der Waals surface area contributed by atoms with Crippen molar-refractivity contribution in [3.8, 4) is 0 Å². The van der Waals surface area contributed by atoms with Crippen LogP contribution in [0.5, 0.6) is 0 Å². The summed E-state index contributed by atoms with van der Waals surface area (Å²) in [5.41, 5.74) is 1.25. The fraction of sp³-hybridized carbons (Fsp3) is 0.400. The van der Waals surface area contributed by atoms with Gasteiger partial charge in [-0.25, -0.2) is 8.42 Å². The molecular formula is C20H25N5O4S2. The molecule has 0 aliphatic carbocycles. The van der Waals surface area contributed by atoms with E-state index in [-0.39, 0.29) is 29.2 Å². The zero-order chi connectivity index (χ0) is 22.6. The van der Waals surface area contributed by atoms with E-state index in [1.807, 2.05) is 4.57 Å². The summed E-state index contributed by atoms with van der Waals surface area (Å²) in [4.78, 5) is 23.7. The van der Waals surface area contributed by atoms with Crippen LogP contribution in [0, 0.1) is 0 Å². The Hall–Kier alpha value is -2.66. The third-order valence-electron chi connectivity index (χ3n) is 4.78. The molecule has 2 N–H and O–H groups in total. The molecule has 0 unspecified atom stereocenters. The van der Waals surface area contributed by atoms with Crippen LogP contribution in [-0.4, -0.2) is 51.8 Å². The van der Waals surface area contributed by atoms with Gasteiger partial charge in [-0.3, -0.25) is 9.59 Å². The van der Waals surface area contributed by atoms with Crippen molar-refractivity contribution in [2.75, 3.05) is 22.1 Å². The first kappa shape index (κ1) is 23.0. The van der Waals surface area contributed by atoms with Crippen LogP contribution in [-0.2, 0) is 26.0 Å². The van der Waals surface area contributed by atoms with Crippen LogP contribution < -0.4 is 10.6 Å². The Labute approximate surface area is 185 Å². The molecule has 0 radical (unpaired) electrons. The minimum atomic E-state index is -3.05. The lowest BCUT2D eigenvalue weighted by Gasteiger charge is -2.14. The van der Waals surface area contributed by atoms with Crippen LogP contribution in [0.1, 0.15) is 32.0 Å². The molecule has 9 nitrogen and oxygen atoms in total. The molecule has 1 saturated heterocycles. The SMILES string of the molecule is C=CCn1c(S[C@@H](C)C(=O)Nc2ccc(NC(C)=O)cc2)nnc1[C@H]1CCS(=O)(=O)C1. The third kappa shape index (κ3) is 5.95. The first-order valence-electron chi connectivity index (χ1n) is 9.78. The number of rotatable bonds is 8. The normalized spacial score (nSPS) is 18.3. The number of thioether (sulfide) groups is 1. The van der Waals surface area contributed by atoms with Gasteiger partial charge in [-0.05, 0) is 37.6 Å². The summed E-state index contributed by atoms with van der Waals surface area (Å²) < 4.78 is 25.5. The van der Waals surface area contributed by atoms with E-state index in [1.165, 1.54) is 18.7 Å². The van der Waals surface area contributed by atoms with Crippen molar-refractivity contribution in [2.24, 2.45) is 0 Å². The summed E-state index contributed by atoms with van der Waals surface area (Å²) in [6, 6.07) is 6.83. The van der Waals surface area contributed by atoms with Crippen molar-refractivity contribution in [2.45, 2.75) is 43.1 Å². The maximum Gasteiger partial charge on any atom is 0.237 e. The molecule has 1 fully saturated rings. The third-order valence-corrected chi connectivity index (χ3v) is 7.63. The Balaban J connectivity index is 1.68. The average molecular weight is 464 g/mol. The predicted molar refractivity (Wildman–Crippen MR) is 121 cm³/mol. The Morgan fingerprint density at radius 2 is 1.90 bits per heavy atom. The molecule has 0 saturated carbocycles. The van der Waals surface area contributed by atoms with Crippen molar-refractivity contribution >= 4 is 44.8 Å². The molecule has 3 rings (SSSR count). The van der Waals surface area contributed by atoms with E-state index < -0.39 is 15.1 Å². The van der Waals surface area contributed by atoms with Gasteiger partial charge >= 0.3 is 0 Å². The lowest BCUT2D eigenvalue weighted by atomic mass is 10.1. The molecule has 31 heavy (non-hydrogen) atoms. The van der Waals surface area contributed by atoms with Crippen LogP contribution in [0.3, 0.4) is 0 Å². The van der Waals surface area contributed by atoms with E-state index in [4.69, 9.17) is 0 Å². The van der Waals surface area contributed by atoms with Gasteiger partial charge in [0.15, 0.2) is 15.0 Å². The zero-order valence-electron chi connectivity index (χ0n) is 17.4. The largest absolute Gasteiger partial charge is 0.326 e. The number of nitrogens with one attached hydrogen (secondary N) is 2. The Bertz CT molecular complexity index is 1080.